The molecule has 0 aliphatic rings. The SMILES string of the molecule is c1ccc2c(c1)c1ncccc1n2-c1cncnc1. The molecule has 0 aliphatic carbocycles. The van der Waals surface area contributed by atoms with E-state index in [9.17, 15) is 0 Å². The summed E-state index contributed by atoms with van der Waals surface area (Å²) >= 11 is 0. The van der Waals surface area contributed by atoms with Crippen LogP contribution >= 0.6 is 0 Å². The van der Waals surface area contributed by atoms with Gasteiger partial charge in [-0.1, -0.05) is 18.2 Å². The first kappa shape index (κ1) is 10.2. The summed E-state index contributed by atoms with van der Waals surface area (Å²) in [5.74, 6) is 0. The Labute approximate surface area is 109 Å². The highest BCUT2D eigenvalue weighted by Crippen LogP contribution is 2.29. The maximum atomic E-state index is 4.49. The summed E-state index contributed by atoms with van der Waals surface area (Å²) in [6, 6.07) is 12.2. The van der Waals surface area contributed by atoms with Crippen LogP contribution in [0.1, 0.15) is 0 Å². The fourth-order valence-corrected chi connectivity index (χ4v) is 2.47. The highest BCUT2D eigenvalue weighted by atomic mass is 15.0. The molecule has 19 heavy (non-hydrogen) atoms. The normalized spacial score (nSPS) is 11.2. The number of nitrogens with zero attached hydrogens (tertiary/aromatic N) is 4. The molecule has 3 heterocycles. The maximum Gasteiger partial charge on any atom is 0.115 e. The predicted octanol–water partition coefficient (Wildman–Crippen LogP) is 2.97. The zero-order valence-corrected chi connectivity index (χ0v) is 10.1. The van der Waals surface area contributed by atoms with E-state index < -0.39 is 0 Å². The summed E-state index contributed by atoms with van der Waals surface area (Å²) in [4.78, 5) is 12.7. The second-order valence-corrected chi connectivity index (χ2v) is 4.32. The maximum absolute atomic E-state index is 4.49. The lowest BCUT2D eigenvalue weighted by Crippen LogP contribution is -1.95. The van der Waals surface area contributed by atoms with E-state index in [0.29, 0.717) is 0 Å². The third kappa shape index (κ3) is 1.43. The van der Waals surface area contributed by atoms with Gasteiger partial charge in [0, 0.05) is 11.6 Å². The zero-order chi connectivity index (χ0) is 12.7. The number of pyridine rings is 1. The van der Waals surface area contributed by atoms with Crippen molar-refractivity contribution in [1.82, 2.24) is 19.5 Å². The molecule has 4 nitrogen and oxygen atoms in total. The Bertz CT molecular complexity index is 812. The molecule has 4 aromatic rings. The molecule has 0 aliphatic heterocycles. The monoisotopic (exact) mass is 246 g/mol. The van der Waals surface area contributed by atoms with Crippen molar-refractivity contribution in [3.05, 3.63) is 61.3 Å². The average Bonchev–Trinajstić information content (AvgIpc) is 2.83. The first-order chi connectivity index (χ1) is 9.45. The van der Waals surface area contributed by atoms with Gasteiger partial charge < -0.3 is 4.57 Å². The van der Waals surface area contributed by atoms with Crippen molar-refractivity contribution in [2.75, 3.05) is 0 Å². The molecule has 0 N–H and O–H groups in total. The Morgan fingerprint density at radius 3 is 2.53 bits per heavy atom. The van der Waals surface area contributed by atoms with Crippen LogP contribution in [0.2, 0.25) is 0 Å². The lowest BCUT2D eigenvalue weighted by Gasteiger charge is -2.05. The molecular weight excluding hydrogens is 236 g/mol. The van der Waals surface area contributed by atoms with Gasteiger partial charge >= 0.3 is 0 Å². The minimum Gasteiger partial charge on any atom is -0.305 e. The Balaban J connectivity index is 2.24. The van der Waals surface area contributed by atoms with Gasteiger partial charge in [0.2, 0.25) is 0 Å². The average molecular weight is 246 g/mol. The van der Waals surface area contributed by atoms with Crippen LogP contribution in [0.15, 0.2) is 61.3 Å². The van der Waals surface area contributed by atoms with Gasteiger partial charge in [-0.2, -0.15) is 0 Å². The van der Waals surface area contributed by atoms with Crippen LogP contribution in [0.5, 0.6) is 0 Å². The number of hydrogen-bond donors (Lipinski definition) is 0. The van der Waals surface area contributed by atoms with Crippen LogP contribution in [0.4, 0.5) is 0 Å². The van der Waals surface area contributed by atoms with Crippen molar-refractivity contribution in [2.45, 2.75) is 0 Å². The van der Waals surface area contributed by atoms with Crippen molar-refractivity contribution < 1.29 is 0 Å². The Morgan fingerprint density at radius 2 is 1.63 bits per heavy atom. The molecule has 0 amide bonds. The van der Waals surface area contributed by atoms with Crippen LogP contribution in [0, 0.1) is 0 Å². The molecule has 1 aromatic carbocycles. The highest BCUT2D eigenvalue weighted by molar-refractivity contribution is 6.06. The first-order valence-corrected chi connectivity index (χ1v) is 6.05. The molecule has 0 bridgehead atoms. The standard InChI is InChI=1S/C15H10N4/c1-2-5-13-12(4-1)15-14(6-3-7-18-15)19(13)11-8-16-10-17-9-11/h1-10H. The largest absolute Gasteiger partial charge is 0.305 e. The molecule has 3 aromatic heterocycles. The molecule has 0 fully saturated rings. The number of para-hydroxylation sites is 1. The van der Waals surface area contributed by atoms with Gasteiger partial charge in [0.05, 0.1) is 34.6 Å². The van der Waals surface area contributed by atoms with Crippen LogP contribution in [-0.4, -0.2) is 19.5 Å². The third-order valence-electron chi connectivity index (χ3n) is 3.23. The van der Waals surface area contributed by atoms with Gasteiger partial charge in [-0.05, 0) is 18.2 Å². The Hall–Kier alpha value is -2.75. The molecule has 0 unspecified atom stereocenters. The summed E-state index contributed by atoms with van der Waals surface area (Å²) in [5.41, 5.74) is 4.13. The van der Waals surface area contributed by atoms with E-state index in [2.05, 4.69) is 37.7 Å². The van der Waals surface area contributed by atoms with E-state index in [1.54, 1.807) is 0 Å². The van der Waals surface area contributed by atoms with Crippen LogP contribution in [-0.2, 0) is 0 Å². The molecule has 0 radical (unpaired) electrons. The lowest BCUT2D eigenvalue weighted by molar-refractivity contribution is 1.07. The quantitative estimate of drug-likeness (QED) is 0.518. The van der Waals surface area contributed by atoms with E-state index in [-0.39, 0.29) is 0 Å². The smallest absolute Gasteiger partial charge is 0.115 e. The summed E-state index contributed by atoms with van der Waals surface area (Å²) in [6.45, 7) is 0. The van der Waals surface area contributed by atoms with Crippen molar-refractivity contribution in [3.8, 4) is 5.69 Å². The van der Waals surface area contributed by atoms with Gasteiger partial charge in [0.1, 0.15) is 6.33 Å². The van der Waals surface area contributed by atoms with Crippen LogP contribution < -0.4 is 0 Å². The zero-order valence-electron chi connectivity index (χ0n) is 10.1. The summed E-state index contributed by atoms with van der Waals surface area (Å²) < 4.78 is 2.14. The topological polar surface area (TPSA) is 43.6 Å². The summed E-state index contributed by atoms with van der Waals surface area (Å²) in [7, 11) is 0. The van der Waals surface area contributed by atoms with E-state index in [4.69, 9.17) is 0 Å². The fraction of sp³-hybridized carbons (Fsp3) is 0. The minimum absolute atomic E-state index is 0.946. The van der Waals surface area contributed by atoms with E-state index >= 15 is 0 Å². The molecule has 4 heteroatoms. The van der Waals surface area contributed by atoms with Gasteiger partial charge in [0.15, 0.2) is 0 Å². The highest BCUT2D eigenvalue weighted by Gasteiger charge is 2.11. The second kappa shape index (κ2) is 3.88. The van der Waals surface area contributed by atoms with E-state index in [1.807, 2.05) is 36.8 Å². The molecule has 0 spiro atoms. The number of benzene rings is 1. The molecule has 0 atom stereocenters. The van der Waals surface area contributed by atoms with Gasteiger partial charge in [-0.15, -0.1) is 0 Å². The fourth-order valence-electron chi connectivity index (χ4n) is 2.47. The molecule has 0 saturated heterocycles. The van der Waals surface area contributed by atoms with Crippen LogP contribution in [0.25, 0.3) is 27.6 Å². The van der Waals surface area contributed by atoms with Gasteiger partial charge in [-0.3, -0.25) is 4.98 Å². The van der Waals surface area contributed by atoms with Crippen LogP contribution in [0.3, 0.4) is 0 Å². The summed E-state index contributed by atoms with van der Waals surface area (Å²) in [5, 5.41) is 1.14. The molecular formula is C15H10N4. The molecule has 0 saturated carbocycles. The molecule has 4 rings (SSSR count). The van der Waals surface area contributed by atoms with E-state index in [0.717, 1.165) is 27.6 Å². The Morgan fingerprint density at radius 1 is 0.842 bits per heavy atom. The van der Waals surface area contributed by atoms with Gasteiger partial charge in [0.25, 0.3) is 0 Å². The summed E-state index contributed by atoms with van der Waals surface area (Å²) in [6.07, 6.45) is 6.98. The second-order valence-electron chi connectivity index (χ2n) is 4.32. The van der Waals surface area contributed by atoms with Crippen molar-refractivity contribution in [1.29, 1.82) is 0 Å². The van der Waals surface area contributed by atoms with E-state index in [1.165, 1.54) is 6.33 Å². The van der Waals surface area contributed by atoms with Crippen molar-refractivity contribution in [3.63, 3.8) is 0 Å². The number of fused-ring (bicyclic) bond motifs is 3. The number of hydrogen-bond acceptors (Lipinski definition) is 3. The first-order valence-electron chi connectivity index (χ1n) is 6.05. The predicted molar refractivity (Wildman–Crippen MR) is 74.2 cm³/mol. The van der Waals surface area contributed by atoms with Gasteiger partial charge in [-0.25, -0.2) is 9.97 Å². The minimum atomic E-state index is 0.946. The number of rotatable bonds is 1. The lowest BCUT2D eigenvalue weighted by atomic mass is 10.2. The molecule has 90 valence electrons. The van der Waals surface area contributed by atoms with Crippen molar-refractivity contribution in [2.24, 2.45) is 0 Å². The van der Waals surface area contributed by atoms with Crippen molar-refractivity contribution >= 4 is 21.9 Å². The number of aromatic nitrogens is 4. The third-order valence-corrected chi connectivity index (χ3v) is 3.23. The Kier molecular flexibility index (Phi) is 2.08.